The summed E-state index contributed by atoms with van der Waals surface area (Å²) >= 11 is 0. The minimum atomic E-state index is -1.04. The third kappa shape index (κ3) is 4.81. The van der Waals surface area contributed by atoms with Crippen molar-refractivity contribution in [3.63, 3.8) is 0 Å². The zero-order valence-corrected chi connectivity index (χ0v) is 17.6. The van der Waals surface area contributed by atoms with Crippen molar-refractivity contribution in [2.75, 3.05) is 0 Å². The summed E-state index contributed by atoms with van der Waals surface area (Å²) in [6.45, 7) is 2.05. The van der Waals surface area contributed by atoms with Gasteiger partial charge in [-0.05, 0) is 44.2 Å². The van der Waals surface area contributed by atoms with Crippen molar-refractivity contribution in [3.8, 4) is 0 Å². The smallest absolute Gasteiger partial charge is 0.431 e. The molecule has 1 fully saturated rings. The van der Waals surface area contributed by atoms with Crippen LogP contribution in [0.2, 0.25) is 0 Å². The molecular formula is C24H27NO6. The number of rotatable bonds is 6. The number of hydrogen-bond donors (Lipinski definition) is 0. The molecule has 1 aromatic heterocycles. The van der Waals surface area contributed by atoms with Gasteiger partial charge in [0, 0.05) is 24.7 Å². The van der Waals surface area contributed by atoms with Gasteiger partial charge in [-0.15, -0.1) is 0 Å². The Balaban J connectivity index is 1.34. The van der Waals surface area contributed by atoms with Crippen LogP contribution in [0.4, 0.5) is 4.79 Å². The molecule has 0 bridgehead atoms. The average Bonchev–Trinajstić information content (AvgIpc) is 3.36. The Labute approximate surface area is 181 Å². The SMILES string of the molecule is CC(OC(=O)OC1CCCCC1)OC(=O)C1CCn2c(C(=O)c3ccccc3)ccc21. The van der Waals surface area contributed by atoms with Crippen molar-refractivity contribution in [2.24, 2.45) is 0 Å². The van der Waals surface area contributed by atoms with E-state index in [1.54, 1.807) is 24.3 Å². The molecule has 1 aliphatic heterocycles. The predicted octanol–water partition coefficient (Wildman–Crippen LogP) is 4.58. The predicted molar refractivity (Wildman–Crippen MR) is 112 cm³/mol. The number of fused-ring (bicyclic) bond motifs is 1. The summed E-state index contributed by atoms with van der Waals surface area (Å²) in [4.78, 5) is 37.4. The van der Waals surface area contributed by atoms with Crippen LogP contribution in [0.25, 0.3) is 0 Å². The van der Waals surface area contributed by atoms with E-state index in [0.29, 0.717) is 24.2 Å². The van der Waals surface area contributed by atoms with Crippen LogP contribution in [0, 0.1) is 0 Å². The number of nitrogens with zero attached hydrogens (tertiary/aromatic N) is 1. The van der Waals surface area contributed by atoms with Gasteiger partial charge in [-0.3, -0.25) is 9.59 Å². The molecule has 0 amide bonds. The fourth-order valence-electron chi connectivity index (χ4n) is 4.37. The van der Waals surface area contributed by atoms with Gasteiger partial charge in [0.05, 0.1) is 11.6 Å². The molecule has 0 spiro atoms. The zero-order chi connectivity index (χ0) is 21.8. The molecular weight excluding hydrogens is 398 g/mol. The Morgan fingerprint density at radius 1 is 0.935 bits per heavy atom. The molecule has 2 atom stereocenters. The molecule has 2 unspecified atom stereocenters. The van der Waals surface area contributed by atoms with Crippen LogP contribution in [0.3, 0.4) is 0 Å². The normalized spacial score (nSPS) is 19.3. The Morgan fingerprint density at radius 2 is 1.68 bits per heavy atom. The van der Waals surface area contributed by atoms with Gasteiger partial charge >= 0.3 is 12.1 Å². The second-order valence-corrected chi connectivity index (χ2v) is 8.08. The van der Waals surface area contributed by atoms with Crippen LogP contribution in [0.15, 0.2) is 42.5 Å². The molecule has 2 heterocycles. The van der Waals surface area contributed by atoms with Gasteiger partial charge in [0.2, 0.25) is 12.1 Å². The Hall–Kier alpha value is -3.09. The number of carbonyl (C=O) groups is 3. The number of esters is 1. The van der Waals surface area contributed by atoms with Crippen LogP contribution in [-0.2, 0) is 25.5 Å². The summed E-state index contributed by atoms with van der Waals surface area (Å²) in [6, 6.07) is 12.6. The Kier molecular flexibility index (Phi) is 6.39. The topological polar surface area (TPSA) is 83.8 Å². The van der Waals surface area contributed by atoms with E-state index in [2.05, 4.69) is 0 Å². The highest BCUT2D eigenvalue weighted by atomic mass is 16.8. The summed E-state index contributed by atoms with van der Waals surface area (Å²) in [5.41, 5.74) is 1.89. The fourth-order valence-corrected chi connectivity index (χ4v) is 4.37. The Bertz CT molecular complexity index is 944. The number of ether oxygens (including phenoxy) is 3. The number of hydrogen-bond acceptors (Lipinski definition) is 6. The van der Waals surface area contributed by atoms with Gasteiger partial charge in [0.25, 0.3) is 0 Å². The molecule has 4 rings (SSSR count). The minimum absolute atomic E-state index is 0.0805. The van der Waals surface area contributed by atoms with E-state index in [1.807, 2.05) is 22.8 Å². The summed E-state index contributed by atoms with van der Waals surface area (Å²) in [5, 5.41) is 0. The lowest BCUT2D eigenvalue weighted by Gasteiger charge is -2.22. The molecule has 7 nitrogen and oxygen atoms in total. The third-order valence-corrected chi connectivity index (χ3v) is 5.93. The second kappa shape index (κ2) is 9.37. The number of aromatic nitrogens is 1. The lowest BCUT2D eigenvalue weighted by atomic mass is 9.98. The maximum Gasteiger partial charge on any atom is 0.511 e. The first-order chi connectivity index (χ1) is 15.0. The van der Waals surface area contributed by atoms with Crippen molar-refractivity contribution in [1.82, 2.24) is 4.57 Å². The molecule has 0 N–H and O–H groups in total. The quantitative estimate of drug-likeness (QED) is 0.383. The second-order valence-electron chi connectivity index (χ2n) is 8.08. The van der Waals surface area contributed by atoms with E-state index in [-0.39, 0.29) is 11.9 Å². The van der Waals surface area contributed by atoms with Gasteiger partial charge in [-0.25, -0.2) is 4.79 Å². The van der Waals surface area contributed by atoms with Crippen LogP contribution in [0.5, 0.6) is 0 Å². The highest BCUT2D eigenvalue weighted by Crippen LogP contribution is 2.32. The first-order valence-electron chi connectivity index (χ1n) is 10.9. The number of carbonyl (C=O) groups excluding carboxylic acids is 3. The van der Waals surface area contributed by atoms with E-state index in [1.165, 1.54) is 6.92 Å². The van der Waals surface area contributed by atoms with E-state index in [0.717, 1.165) is 37.8 Å². The highest BCUT2D eigenvalue weighted by Gasteiger charge is 2.34. The lowest BCUT2D eigenvalue weighted by molar-refractivity contribution is -0.170. The summed E-state index contributed by atoms with van der Waals surface area (Å²) < 4.78 is 17.6. The van der Waals surface area contributed by atoms with Crippen molar-refractivity contribution in [1.29, 1.82) is 0 Å². The van der Waals surface area contributed by atoms with E-state index in [4.69, 9.17) is 14.2 Å². The minimum Gasteiger partial charge on any atom is -0.431 e. The molecule has 1 aliphatic carbocycles. The summed E-state index contributed by atoms with van der Waals surface area (Å²) in [5.74, 6) is -1.06. The molecule has 1 saturated carbocycles. The molecule has 2 aliphatic rings. The fraction of sp³-hybridized carbons (Fsp3) is 0.458. The van der Waals surface area contributed by atoms with Crippen molar-refractivity contribution in [3.05, 3.63) is 59.4 Å². The van der Waals surface area contributed by atoms with Crippen molar-refractivity contribution < 1.29 is 28.6 Å². The third-order valence-electron chi connectivity index (χ3n) is 5.93. The average molecular weight is 425 g/mol. The van der Waals surface area contributed by atoms with Gasteiger partial charge in [-0.1, -0.05) is 36.8 Å². The van der Waals surface area contributed by atoms with Crippen LogP contribution in [0.1, 0.15) is 73.1 Å². The Morgan fingerprint density at radius 3 is 2.42 bits per heavy atom. The number of ketones is 1. The van der Waals surface area contributed by atoms with Crippen molar-refractivity contribution in [2.45, 2.75) is 70.3 Å². The summed E-state index contributed by atoms with van der Waals surface area (Å²) in [6.07, 6.45) is 3.47. The first kappa shape index (κ1) is 21.2. The maximum absolute atomic E-state index is 12.8. The maximum atomic E-state index is 12.8. The van der Waals surface area contributed by atoms with Gasteiger partial charge in [-0.2, -0.15) is 0 Å². The van der Waals surface area contributed by atoms with Crippen LogP contribution < -0.4 is 0 Å². The van der Waals surface area contributed by atoms with Crippen molar-refractivity contribution >= 4 is 17.9 Å². The molecule has 164 valence electrons. The van der Waals surface area contributed by atoms with Gasteiger partial charge < -0.3 is 18.8 Å². The van der Waals surface area contributed by atoms with Crippen LogP contribution >= 0.6 is 0 Å². The molecule has 0 saturated heterocycles. The van der Waals surface area contributed by atoms with Crippen LogP contribution in [-0.4, -0.2) is 34.9 Å². The van der Waals surface area contributed by atoms with Gasteiger partial charge in [0.1, 0.15) is 6.10 Å². The van der Waals surface area contributed by atoms with E-state index >= 15 is 0 Å². The summed E-state index contributed by atoms with van der Waals surface area (Å²) in [7, 11) is 0. The van der Waals surface area contributed by atoms with E-state index < -0.39 is 24.3 Å². The lowest BCUT2D eigenvalue weighted by Crippen LogP contribution is -2.28. The first-order valence-corrected chi connectivity index (χ1v) is 10.9. The number of benzene rings is 1. The van der Waals surface area contributed by atoms with Gasteiger partial charge in [0.15, 0.2) is 0 Å². The monoisotopic (exact) mass is 425 g/mol. The molecule has 31 heavy (non-hydrogen) atoms. The largest absolute Gasteiger partial charge is 0.511 e. The molecule has 2 aromatic rings. The molecule has 7 heteroatoms. The molecule has 0 radical (unpaired) electrons. The standard InChI is InChI=1S/C24H27NO6/c1-16(30-24(28)31-18-10-6-3-7-11-18)29-23(27)19-14-15-25-20(19)12-13-21(25)22(26)17-8-4-2-5-9-17/h2,4-5,8-9,12-13,16,18-19H,3,6-7,10-11,14-15H2,1H3. The highest BCUT2D eigenvalue weighted by molar-refractivity contribution is 6.08. The molecule has 1 aromatic carbocycles. The zero-order valence-electron chi connectivity index (χ0n) is 17.6. The van der Waals surface area contributed by atoms with E-state index in [9.17, 15) is 14.4 Å².